The van der Waals surface area contributed by atoms with Gasteiger partial charge in [-0.05, 0) is 44.9 Å². The van der Waals surface area contributed by atoms with Gasteiger partial charge < -0.3 is 19.5 Å². The number of halogens is 5. The van der Waals surface area contributed by atoms with Gasteiger partial charge in [-0.25, -0.2) is 4.39 Å². The number of carbonyl (C=O) groups is 1. The standard InChI is InChI=1S/C25H28F5N3O4/c1-12-18(14-7-8-15(26)19(27)21(14)35-5)20(33-24(12,4)25(28,29)30)22(34)32-13-6-9-16(31-10-13)17-11-36-23(2,3)37-17/h6-10,12,17-18,20,33H,11H2,1-5H3,(H,32,34)/t12-,17+,18-,20+,24+/m0/s1. The van der Waals surface area contributed by atoms with E-state index in [0.717, 1.165) is 26.2 Å². The number of pyridine rings is 1. The number of nitrogens with zero attached hydrogens (tertiary/aromatic N) is 1. The summed E-state index contributed by atoms with van der Waals surface area (Å²) >= 11 is 0. The van der Waals surface area contributed by atoms with E-state index in [4.69, 9.17) is 14.2 Å². The lowest BCUT2D eigenvalue weighted by molar-refractivity contribution is -0.198. The molecule has 7 nitrogen and oxygen atoms in total. The van der Waals surface area contributed by atoms with E-state index < -0.39 is 64.8 Å². The zero-order valence-electron chi connectivity index (χ0n) is 20.9. The SMILES string of the molecule is COc1c([C@H]2[C@H](C(=O)Nc3ccc([C@H]4COC(C)(C)O4)nc3)N[C@@](C)(C(F)(F)F)[C@H]2C)ccc(F)c1F. The number of aromatic nitrogens is 1. The summed E-state index contributed by atoms with van der Waals surface area (Å²) in [5, 5.41) is 4.99. The molecule has 37 heavy (non-hydrogen) atoms. The number of alkyl halides is 3. The predicted molar refractivity (Wildman–Crippen MR) is 123 cm³/mol. The molecule has 12 heteroatoms. The van der Waals surface area contributed by atoms with Crippen LogP contribution in [0.5, 0.6) is 5.75 Å². The Morgan fingerprint density at radius 3 is 2.43 bits per heavy atom. The summed E-state index contributed by atoms with van der Waals surface area (Å²) in [6.45, 7) is 6.07. The van der Waals surface area contributed by atoms with E-state index in [1.807, 2.05) is 0 Å². The summed E-state index contributed by atoms with van der Waals surface area (Å²) in [5.41, 5.74) is -1.75. The third kappa shape index (κ3) is 4.89. The molecule has 3 heterocycles. The number of hydrogen-bond acceptors (Lipinski definition) is 6. The van der Waals surface area contributed by atoms with Gasteiger partial charge in [0.05, 0.1) is 37.3 Å². The number of methoxy groups -OCH3 is 1. The van der Waals surface area contributed by atoms with Crippen LogP contribution in [0.25, 0.3) is 0 Å². The normalized spacial score (nSPS) is 29.4. The molecule has 0 saturated carbocycles. The largest absolute Gasteiger partial charge is 0.493 e. The van der Waals surface area contributed by atoms with E-state index in [-0.39, 0.29) is 11.3 Å². The molecule has 2 aliphatic heterocycles. The van der Waals surface area contributed by atoms with Crippen molar-refractivity contribution in [1.82, 2.24) is 10.3 Å². The second-order valence-corrected chi connectivity index (χ2v) is 9.90. The molecule has 1 aromatic heterocycles. The lowest BCUT2D eigenvalue weighted by Crippen LogP contribution is -2.56. The van der Waals surface area contributed by atoms with E-state index in [1.54, 1.807) is 26.0 Å². The maximum atomic E-state index is 14.5. The quantitative estimate of drug-likeness (QED) is 0.540. The Kier molecular flexibility index (Phi) is 6.97. The number of rotatable bonds is 5. The van der Waals surface area contributed by atoms with Crippen molar-refractivity contribution in [1.29, 1.82) is 0 Å². The van der Waals surface area contributed by atoms with Crippen LogP contribution in [0.2, 0.25) is 0 Å². The first-order valence-electron chi connectivity index (χ1n) is 11.6. The zero-order chi connectivity index (χ0) is 27.3. The highest BCUT2D eigenvalue weighted by atomic mass is 19.4. The van der Waals surface area contributed by atoms with Gasteiger partial charge in [-0.15, -0.1) is 0 Å². The summed E-state index contributed by atoms with van der Waals surface area (Å²) in [7, 11) is 1.08. The summed E-state index contributed by atoms with van der Waals surface area (Å²) in [4.78, 5) is 17.6. The molecular formula is C25H28F5N3O4. The van der Waals surface area contributed by atoms with Crippen LogP contribution in [-0.4, -0.2) is 48.2 Å². The molecule has 2 N–H and O–H groups in total. The lowest BCUT2D eigenvalue weighted by atomic mass is 9.76. The fourth-order valence-electron chi connectivity index (χ4n) is 4.95. The highest BCUT2D eigenvalue weighted by molar-refractivity contribution is 5.96. The molecule has 1 aromatic carbocycles. The van der Waals surface area contributed by atoms with Gasteiger partial charge in [0.1, 0.15) is 11.6 Å². The first-order chi connectivity index (χ1) is 17.2. The van der Waals surface area contributed by atoms with Gasteiger partial charge >= 0.3 is 6.18 Å². The predicted octanol–water partition coefficient (Wildman–Crippen LogP) is 4.84. The molecule has 5 atom stereocenters. The van der Waals surface area contributed by atoms with Crippen molar-refractivity contribution >= 4 is 11.6 Å². The van der Waals surface area contributed by atoms with Crippen LogP contribution in [0.1, 0.15) is 51.0 Å². The van der Waals surface area contributed by atoms with Crippen LogP contribution in [0.3, 0.4) is 0 Å². The molecule has 1 amide bonds. The van der Waals surface area contributed by atoms with Gasteiger partial charge in [0.25, 0.3) is 0 Å². The molecule has 0 aliphatic carbocycles. The number of anilines is 1. The number of ether oxygens (including phenoxy) is 3. The van der Waals surface area contributed by atoms with Crippen molar-refractivity contribution in [2.75, 3.05) is 19.0 Å². The zero-order valence-corrected chi connectivity index (χ0v) is 20.9. The Bertz CT molecular complexity index is 1170. The van der Waals surface area contributed by atoms with Crippen LogP contribution in [0.4, 0.5) is 27.6 Å². The van der Waals surface area contributed by atoms with E-state index >= 15 is 0 Å². The van der Waals surface area contributed by atoms with Gasteiger partial charge in [0.2, 0.25) is 11.7 Å². The molecule has 2 aliphatic rings. The van der Waals surface area contributed by atoms with E-state index in [1.165, 1.54) is 13.1 Å². The molecule has 4 rings (SSSR count). The molecule has 0 radical (unpaired) electrons. The molecule has 2 aromatic rings. The number of benzene rings is 1. The van der Waals surface area contributed by atoms with E-state index in [2.05, 4.69) is 15.6 Å². The highest BCUT2D eigenvalue weighted by Gasteiger charge is 2.64. The average Bonchev–Trinajstić information content (AvgIpc) is 3.33. The van der Waals surface area contributed by atoms with Crippen molar-refractivity contribution < 1.29 is 41.0 Å². The first kappa shape index (κ1) is 27.2. The van der Waals surface area contributed by atoms with Crippen molar-refractivity contribution in [2.24, 2.45) is 5.92 Å². The number of carbonyl (C=O) groups excluding carboxylic acids is 1. The molecule has 2 saturated heterocycles. The molecular weight excluding hydrogens is 501 g/mol. The van der Waals surface area contributed by atoms with E-state index in [0.29, 0.717) is 12.3 Å². The van der Waals surface area contributed by atoms with Gasteiger partial charge in [-0.3, -0.25) is 15.1 Å². The summed E-state index contributed by atoms with van der Waals surface area (Å²) in [6, 6.07) is 3.66. The molecule has 202 valence electrons. The maximum absolute atomic E-state index is 14.5. The Labute approximate surface area is 210 Å². The van der Waals surface area contributed by atoms with Crippen LogP contribution < -0.4 is 15.4 Å². The van der Waals surface area contributed by atoms with Gasteiger partial charge in [0.15, 0.2) is 17.4 Å². The van der Waals surface area contributed by atoms with Crippen molar-refractivity contribution in [3.8, 4) is 5.75 Å². The third-order valence-corrected chi connectivity index (χ3v) is 7.17. The summed E-state index contributed by atoms with van der Waals surface area (Å²) < 4.78 is 87.0. The summed E-state index contributed by atoms with van der Waals surface area (Å²) in [5.74, 6) is -7.10. The Hall–Kier alpha value is -2.83. The van der Waals surface area contributed by atoms with Crippen LogP contribution in [0, 0.1) is 17.6 Å². The monoisotopic (exact) mass is 529 g/mol. The van der Waals surface area contributed by atoms with Crippen LogP contribution >= 0.6 is 0 Å². The van der Waals surface area contributed by atoms with Crippen molar-refractivity contribution in [2.45, 2.75) is 63.3 Å². The van der Waals surface area contributed by atoms with Gasteiger partial charge in [0, 0.05) is 11.5 Å². The molecule has 0 bridgehead atoms. The van der Waals surface area contributed by atoms with Crippen molar-refractivity contribution in [3.63, 3.8) is 0 Å². The van der Waals surface area contributed by atoms with Crippen LogP contribution in [0.15, 0.2) is 30.5 Å². The average molecular weight is 530 g/mol. The summed E-state index contributed by atoms with van der Waals surface area (Å²) in [6.07, 6.45) is -3.79. The smallest absolute Gasteiger partial charge is 0.406 e. The lowest BCUT2D eigenvalue weighted by Gasteiger charge is -2.33. The molecule has 0 spiro atoms. The first-order valence-corrected chi connectivity index (χ1v) is 11.6. The second kappa shape index (κ2) is 9.48. The fraction of sp³-hybridized carbons (Fsp3) is 0.520. The Morgan fingerprint density at radius 1 is 1.19 bits per heavy atom. The number of hydrogen-bond donors (Lipinski definition) is 2. The minimum absolute atomic E-state index is 0.0519. The topological polar surface area (TPSA) is 81.7 Å². The Balaban J connectivity index is 1.64. The van der Waals surface area contributed by atoms with E-state index in [9.17, 15) is 26.7 Å². The Morgan fingerprint density at radius 2 is 1.89 bits per heavy atom. The number of nitrogens with one attached hydrogen (secondary N) is 2. The minimum Gasteiger partial charge on any atom is -0.493 e. The van der Waals surface area contributed by atoms with Gasteiger partial charge in [-0.2, -0.15) is 17.6 Å². The second-order valence-electron chi connectivity index (χ2n) is 9.90. The number of amides is 1. The minimum atomic E-state index is -4.74. The maximum Gasteiger partial charge on any atom is 0.406 e. The molecule has 2 fully saturated rings. The fourth-order valence-corrected chi connectivity index (χ4v) is 4.95. The molecule has 0 unspecified atom stereocenters. The third-order valence-electron chi connectivity index (χ3n) is 7.17. The highest BCUT2D eigenvalue weighted by Crippen LogP contribution is 2.51. The van der Waals surface area contributed by atoms with Gasteiger partial charge in [-0.1, -0.05) is 13.0 Å². The van der Waals surface area contributed by atoms with Crippen molar-refractivity contribution in [3.05, 3.63) is 53.4 Å². The van der Waals surface area contributed by atoms with Crippen LogP contribution in [-0.2, 0) is 14.3 Å².